The van der Waals surface area contributed by atoms with E-state index in [2.05, 4.69) is 34.1 Å². The molecule has 5 N–H and O–H groups in total. The molecular weight excluding hydrogens is 540 g/mol. The fraction of sp³-hybridized carbons (Fsp3) is 0.484. The van der Waals surface area contributed by atoms with Crippen molar-refractivity contribution in [1.82, 2.24) is 16.0 Å². The van der Waals surface area contributed by atoms with Gasteiger partial charge < -0.3 is 25.8 Å². The zero-order valence-electron chi connectivity index (χ0n) is 24.2. The molecule has 222 valence electrons. The third-order valence-electron chi connectivity index (χ3n) is 6.64. The number of hydrogen-bond donors (Lipinski definition) is 4. The van der Waals surface area contributed by atoms with E-state index < -0.39 is 17.7 Å². The lowest BCUT2D eigenvalue weighted by atomic mass is 10.0. The van der Waals surface area contributed by atoms with Gasteiger partial charge in [0.2, 0.25) is 5.91 Å². The number of unbranched alkanes of at least 4 members (excludes halogenated alkanes) is 3. The van der Waals surface area contributed by atoms with E-state index in [0.29, 0.717) is 13.1 Å². The Morgan fingerprint density at radius 3 is 2.37 bits per heavy atom. The smallest absolute Gasteiger partial charge is 0.413 e. The van der Waals surface area contributed by atoms with Gasteiger partial charge in [-0.2, -0.15) is 0 Å². The summed E-state index contributed by atoms with van der Waals surface area (Å²) in [5.74, 6) is -0.632. The Morgan fingerprint density at radius 2 is 1.63 bits per heavy atom. The standard InChI is InChI=1S/C31H42N4O5S/c1-31(2,3)40-30(38)35-29(41)34-18-9-5-4-8-17-33-28(37)26(32)15-16-27(36)39-20-22-12-10-14-24-23-13-7-6-11-21(23)19-25(22)24/h6-7,10-14,26H,4-5,8-9,15-20,32H2,1-3H3,(H,33,37)(H2,34,35,38,41). The third kappa shape index (κ3) is 10.8. The Hall–Kier alpha value is -3.50. The average Bonchev–Trinajstić information content (AvgIpc) is 3.30. The highest BCUT2D eigenvalue weighted by molar-refractivity contribution is 7.80. The number of nitrogens with one attached hydrogen (secondary N) is 3. The summed E-state index contributed by atoms with van der Waals surface area (Å²) in [4.78, 5) is 36.3. The summed E-state index contributed by atoms with van der Waals surface area (Å²) in [6, 6.07) is 13.6. The van der Waals surface area contributed by atoms with Crippen LogP contribution in [0.15, 0.2) is 42.5 Å². The number of ether oxygens (including phenoxy) is 2. The first-order chi connectivity index (χ1) is 19.5. The summed E-state index contributed by atoms with van der Waals surface area (Å²) in [6.45, 7) is 6.71. The van der Waals surface area contributed by atoms with E-state index in [1.54, 1.807) is 20.8 Å². The van der Waals surface area contributed by atoms with Crippen molar-refractivity contribution in [3.8, 4) is 11.1 Å². The molecular formula is C31H42N4O5S. The molecule has 10 heteroatoms. The fourth-order valence-corrected chi connectivity index (χ4v) is 4.77. The van der Waals surface area contributed by atoms with Gasteiger partial charge in [0.15, 0.2) is 5.11 Å². The zero-order valence-corrected chi connectivity index (χ0v) is 25.0. The predicted octanol–water partition coefficient (Wildman–Crippen LogP) is 4.48. The van der Waals surface area contributed by atoms with E-state index >= 15 is 0 Å². The van der Waals surface area contributed by atoms with Crippen LogP contribution < -0.4 is 21.7 Å². The van der Waals surface area contributed by atoms with Crippen molar-refractivity contribution in [1.29, 1.82) is 0 Å². The van der Waals surface area contributed by atoms with Gasteiger partial charge in [0, 0.05) is 19.5 Å². The van der Waals surface area contributed by atoms with Crippen molar-refractivity contribution in [2.75, 3.05) is 13.1 Å². The fourth-order valence-electron chi connectivity index (χ4n) is 4.58. The summed E-state index contributed by atoms with van der Waals surface area (Å²) in [7, 11) is 0. The largest absolute Gasteiger partial charge is 0.461 e. The Morgan fingerprint density at radius 1 is 0.951 bits per heavy atom. The third-order valence-corrected chi connectivity index (χ3v) is 6.88. The molecule has 1 unspecified atom stereocenters. The molecule has 0 heterocycles. The molecule has 2 amide bonds. The average molecular weight is 583 g/mol. The van der Waals surface area contributed by atoms with Crippen LogP contribution in [-0.2, 0) is 32.1 Å². The molecule has 0 saturated carbocycles. The number of nitrogens with two attached hydrogens (primary N) is 1. The number of benzene rings is 2. The summed E-state index contributed by atoms with van der Waals surface area (Å²) >= 11 is 5.08. The van der Waals surface area contributed by atoms with Crippen LogP contribution in [0, 0.1) is 0 Å². The molecule has 0 aromatic heterocycles. The van der Waals surface area contributed by atoms with Crippen LogP contribution in [0.5, 0.6) is 0 Å². The SMILES string of the molecule is CC(C)(C)OC(=O)NC(=S)NCCCCCCNC(=O)C(N)CCC(=O)OCc1cccc2c1Cc1ccccc1-2. The van der Waals surface area contributed by atoms with Crippen LogP contribution in [0.2, 0.25) is 0 Å². The number of fused-ring (bicyclic) bond motifs is 3. The minimum absolute atomic E-state index is 0.0848. The summed E-state index contributed by atoms with van der Waals surface area (Å²) in [6.07, 6.45) is 4.10. The molecule has 0 bridgehead atoms. The molecule has 3 rings (SSSR count). The summed E-state index contributed by atoms with van der Waals surface area (Å²) in [5.41, 5.74) is 11.3. The van der Waals surface area contributed by atoms with E-state index in [-0.39, 0.29) is 36.4 Å². The van der Waals surface area contributed by atoms with Crippen LogP contribution >= 0.6 is 12.2 Å². The topological polar surface area (TPSA) is 132 Å². The van der Waals surface area contributed by atoms with Crippen molar-refractivity contribution in [3.63, 3.8) is 0 Å². The van der Waals surface area contributed by atoms with Crippen molar-refractivity contribution >= 4 is 35.3 Å². The second-order valence-electron chi connectivity index (χ2n) is 11.2. The van der Waals surface area contributed by atoms with Crippen molar-refractivity contribution in [2.24, 2.45) is 5.73 Å². The van der Waals surface area contributed by atoms with Gasteiger partial charge in [0.25, 0.3) is 0 Å². The summed E-state index contributed by atoms with van der Waals surface area (Å²) in [5, 5.41) is 8.53. The molecule has 0 spiro atoms. The van der Waals surface area contributed by atoms with Gasteiger partial charge in [-0.05, 0) is 86.5 Å². The van der Waals surface area contributed by atoms with Crippen LogP contribution in [0.25, 0.3) is 11.1 Å². The van der Waals surface area contributed by atoms with E-state index in [1.165, 1.54) is 22.3 Å². The van der Waals surface area contributed by atoms with E-state index in [9.17, 15) is 14.4 Å². The molecule has 0 aliphatic heterocycles. The van der Waals surface area contributed by atoms with Crippen molar-refractivity contribution < 1.29 is 23.9 Å². The number of rotatable bonds is 13. The van der Waals surface area contributed by atoms with Crippen LogP contribution in [-0.4, -0.2) is 47.8 Å². The van der Waals surface area contributed by atoms with E-state index in [4.69, 9.17) is 27.4 Å². The highest BCUT2D eigenvalue weighted by atomic mass is 32.1. The Kier molecular flexibility index (Phi) is 12.1. The number of esters is 1. The quantitative estimate of drug-likeness (QED) is 0.132. The van der Waals surface area contributed by atoms with E-state index in [1.807, 2.05) is 24.3 Å². The maximum atomic E-state index is 12.3. The van der Waals surface area contributed by atoms with Crippen molar-refractivity contribution in [2.45, 2.75) is 84.0 Å². The van der Waals surface area contributed by atoms with Gasteiger partial charge in [-0.25, -0.2) is 4.79 Å². The second-order valence-corrected chi connectivity index (χ2v) is 11.6. The summed E-state index contributed by atoms with van der Waals surface area (Å²) < 4.78 is 10.7. The number of hydrogen-bond acceptors (Lipinski definition) is 7. The molecule has 0 saturated heterocycles. The monoisotopic (exact) mass is 582 g/mol. The van der Waals surface area contributed by atoms with Gasteiger partial charge >= 0.3 is 12.1 Å². The first-order valence-electron chi connectivity index (χ1n) is 14.2. The molecule has 2 aromatic carbocycles. The van der Waals surface area contributed by atoms with Gasteiger partial charge in [-0.15, -0.1) is 0 Å². The van der Waals surface area contributed by atoms with Crippen molar-refractivity contribution in [3.05, 3.63) is 59.2 Å². The molecule has 2 aromatic rings. The lowest BCUT2D eigenvalue weighted by Crippen LogP contribution is -2.42. The lowest BCUT2D eigenvalue weighted by Gasteiger charge is -2.20. The molecule has 9 nitrogen and oxygen atoms in total. The second kappa shape index (κ2) is 15.5. The van der Waals surface area contributed by atoms with Crippen LogP contribution in [0.4, 0.5) is 4.79 Å². The predicted molar refractivity (Wildman–Crippen MR) is 163 cm³/mol. The Bertz CT molecular complexity index is 1230. The Balaban J connectivity index is 1.22. The highest BCUT2D eigenvalue weighted by Crippen LogP contribution is 2.38. The number of thiocarbonyl (C=S) groups is 1. The minimum Gasteiger partial charge on any atom is -0.461 e. The first kappa shape index (κ1) is 32.0. The highest BCUT2D eigenvalue weighted by Gasteiger charge is 2.21. The van der Waals surface area contributed by atoms with E-state index in [0.717, 1.165) is 37.7 Å². The number of carbonyl (C=O) groups excluding carboxylic acids is 3. The first-order valence-corrected chi connectivity index (χ1v) is 14.6. The maximum absolute atomic E-state index is 12.3. The van der Waals surface area contributed by atoms with Gasteiger partial charge in [-0.3, -0.25) is 14.9 Å². The minimum atomic E-state index is -0.763. The molecule has 1 aliphatic carbocycles. The molecule has 0 radical (unpaired) electrons. The molecule has 1 aliphatic rings. The molecule has 41 heavy (non-hydrogen) atoms. The zero-order chi connectivity index (χ0) is 29.8. The van der Waals surface area contributed by atoms with Crippen LogP contribution in [0.1, 0.15) is 76.0 Å². The maximum Gasteiger partial charge on any atom is 0.413 e. The number of carbonyl (C=O) groups is 3. The van der Waals surface area contributed by atoms with Gasteiger partial charge in [-0.1, -0.05) is 55.3 Å². The molecule has 1 atom stereocenters. The van der Waals surface area contributed by atoms with Gasteiger partial charge in [0.1, 0.15) is 12.2 Å². The Labute approximate surface area is 247 Å². The molecule has 0 fully saturated rings. The number of amides is 2. The number of alkyl carbamates (subject to hydrolysis) is 1. The van der Waals surface area contributed by atoms with Gasteiger partial charge in [0.05, 0.1) is 6.04 Å². The van der Waals surface area contributed by atoms with Crippen LogP contribution in [0.3, 0.4) is 0 Å². The lowest BCUT2D eigenvalue weighted by molar-refractivity contribution is -0.145. The normalized spacial score (nSPS) is 12.5.